The molecule has 2 aliphatic rings. The van der Waals surface area contributed by atoms with Gasteiger partial charge in [0, 0.05) is 0 Å². The van der Waals surface area contributed by atoms with Gasteiger partial charge in [0.05, 0.1) is 17.5 Å². The van der Waals surface area contributed by atoms with Crippen molar-refractivity contribution in [1.82, 2.24) is 10.6 Å². The summed E-state index contributed by atoms with van der Waals surface area (Å²) in [6, 6.07) is -1.01. The summed E-state index contributed by atoms with van der Waals surface area (Å²) in [7, 11) is 0. The van der Waals surface area contributed by atoms with Gasteiger partial charge in [0.1, 0.15) is 29.9 Å². The van der Waals surface area contributed by atoms with Crippen LogP contribution >= 0.6 is 23.4 Å². The summed E-state index contributed by atoms with van der Waals surface area (Å²) in [6.45, 7) is 4.73. The lowest BCUT2D eigenvalue weighted by molar-refractivity contribution is -0.205. The van der Waals surface area contributed by atoms with Crippen LogP contribution in [-0.2, 0) is 9.53 Å². The van der Waals surface area contributed by atoms with Gasteiger partial charge in [0.2, 0.25) is 5.91 Å². The predicted molar refractivity (Wildman–Crippen MR) is 121 cm³/mol. The van der Waals surface area contributed by atoms with Crippen molar-refractivity contribution in [3.63, 3.8) is 0 Å². The summed E-state index contributed by atoms with van der Waals surface area (Å²) in [4.78, 5) is 13.0. The molecule has 9 atom stereocenters. The monoisotopic (exact) mass is 466 g/mol. The van der Waals surface area contributed by atoms with Crippen molar-refractivity contribution in [1.29, 1.82) is 0 Å². The van der Waals surface area contributed by atoms with Crippen LogP contribution < -0.4 is 10.6 Å². The molecule has 0 radical (unpaired) electrons. The predicted octanol–water partition coefficient (Wildman–Crippen LogP) is 1.61. The van der Waals surface area contributed by atoms with Crippen LogP contribution in [0.3, 0.4) is 0 Å². The molecule has 2 fully saturated rings. The molecule has 2 saturated heterocycles. The Kier molecular flexibility index (Phi) is 11.2. The van der Waals surface area contributed by atoms with Gasteiger partial charge in [-0.15, -0.1) is 23.4 Å². The number of aliphatic hydroxyl groups excluding tert-OH is 3. The van der Waals surface area contributed by atoms with Crippen molar-refractivity contribution in [2.75, 3.05) is 12.8 Å². The van der Waals surface area contributed by atoms with E-state index in [1.807, 2.05) is 0 Å². The number of unbranched alkanes of at least 4 members (excludes halogenated alkanes) is 2. The van der Waals surface area contributed by atoms with E-state index >= 15 is 0 Å². The molecule has 2 heterocycles. The van der Waals surface area contributed by atoms with Gasteiger partial charge in [-0.1, -0.05) is 32.6 Å². The van der Waals surface area contributed by atoms with E-state index in [1.165, 1.54) is 37.4 Å². The van der Waals surface area contributed by atoms with Gasteiger partial charge in [-0.25, -0.2) is 0 Å². The van der Waals surface area contributed by atoms with Gasteiger partial charge in [-0.3, -0.25) is 4.79 Å². The van der Waals surface area contributed by atoms with E-state index in [2.05, 4.69) is 17.6 Å². The molecule has 2 rings (SSSR count). The third kappa shape index (κ3) is 6.95. The summed E-state index contributed by atoms with van der Waals surface area (Å²) < 4.78 is 5.82. The van der Waals surface area contributed by atoms with E-state index in [0.29, 0.717) is 5.92 Å². The largest absolute Gasteiger partial charge is 0.388 e. The molecule has 0 bridgehead atoms. The quantitative estimate of drug-likeness (QED) is 0.259. The molecular weight excluding hydrogens is 428 g/mol. The second-order valence-electron chi connectivity index (χ2n) is 8.62. The minimum Gasteiger partial charge on any atom is -0.388 e. The number of amides is 1. The van der Waals surface area contributed by atoms with Crippen molar-refractivity contribution in [3.8, 4) is 0 Å². The molecular formula is C21H39ClN2O5S. The van der Waals surface area contributed by atoms with E-state index < -0.39 is 41.3 Å². The number of thioether (sulfide) groups is 1. The molecule has 0 spiro atoms. The normalized spacial score (nSPS) is 37.2. The molecule has 176 valence electrons. The molecule has 9 heteroatoms. The molecule has 30 heavy (non-hydrogen) atoms. The maximum absolute atomic E-state index is 13.0. The van der Waals surface area contributed by atoms with Gasteiger partial charge in [-0.2, -0.15) is 0 Å². The van der Waals surface area contributed by atoms with E-state index in [9.17, 15) is 20.1 Å². The third-order valence-electron chi connectivity index (χ3n) is 6.34. The first-order chi connectivity index (χ1) is 14.3. The number of alkyl halides is 1. The van der Waals surface area contributed by atoms with Gasteiger partial charge >= 0.3 is 0 Å². The topological polar surface area (TPSA) is 111 Å². The van der Waals surface area contributed by atoms with Crippen molar-refractivity contribution in [2.24, 2.45) is 5.92 Å². The van der Waals surface area contributed by atoms with E-state index in [0.717, 1.165) is 25.8 Å². The Morgan fingerprint density at radius 3 is 2.57 bits per heavy atom. The van der Waals surface area contributed by atoms with E-state index in [-0.39, 0.29) is 11.9 Å². The lowest BCUT2D eigenvalue weighted by Crippen LogP contribution is -2.65. The van der Waals surface area contributed by atoms with Crippen LogP contribution in [0, 0.1) is 5.92 Å². The highest BCUT2D eigenvalue weighted by molar-refractivity contribution is 7.99. The summed E-state index contributed by atoms with van der Waals surface area (Å²) in [6.07, 6.45) is 4.69. The number of nitrogens with one attached hydrogen (secondary N) is 2. The Hall–Kier alpha value is -0.0900. The van der Waals surface area contributed by atoms with Crippen LogP contribution in [0.1, 0.15) is 58.8 Å². The third-order valence-corrected chi connectivity index (χ3v) is 7.46. The lowest BCUT2D eigenvalue weighted by Gasteiger charge is -2.44. The number of halogens is 1. The zero-order chi connectivity index (χ0) is 22.3. The maximum atomic E-state index is 13.0. The molecule has 0 aliphatic carbocycles. The number of carbonyl (C=O) groups is 1. The number of carbonyl (C=O) groups excluding carboxylic acids is 1. The highest BCUT2D eigenvalue weighted by Gasteiger charge is 2.48. The summed E-state index contributed by atoms with van der Waals surface area (Å²) in [5.74, 6) is 0.478. The van der Waals surface area contributed by atoms with Crippen molar-refractivity contribution >= 4 is 29.3 Å². The summed E-state index contributed by atoms with van der Waals surface area (Å²) in [5, 5.41) is 36.5. The molecule has 0 aromatic heterocycles. The van der Waals surface area contributed by atoms with Crippen LogP contribution in [0.15, 0.2) is 0 Å². The molecule has 2 aliphatic heterocycles. The molecule has 0 aromatic carbocycles. The Labute approximate surface area is 189 Å². The number of hydrogen-bond donors (Lipinski definition) is 5. The number of aliphatic hydroxyl groups is 3. The summed E-state index contributed by atoms with van der Waals surface area (Å²) in [5.41, 5.74) is -0.705. The van der Waals surface area contributed by atoms with Crippen molar-refractivity contribution < 1.29 is 24.9 Å². The van der Waals surface area contributed by atoms with Gasteiger partial charge in [0.25, 0.3) is 0 Å². The minimum atomic E-state index is -1.36. The fraction of sp³-hybridized carbons (Fsp3) is 0.952. The molecule has 1 amide bonds. The van der Waals surface area contributed by atoms with Crippen LogP contribution in [0.5, 0.6) is 0 Å². The number of ether oxygens (including phenoxy) is 1. The number of hydrogen-bond acceptors (Lipinski definition) is 7. The molecule has 0 aromatic rings. The van der Waals surface area contributed by atoms with Crippen molar-refractivity contribution in [2.45, 2.75) is 106 Å². The minimum absolute atomic E-state index is 0.168. The molecule has 1 unspecified atom stereocenters. The Morgan fingerprint density at radius 2 is 1.93 bits per heavy atom. The lowest BCUT2D eigenvalue weighted by atomic mass is 9.92. The highest BCUT2D eigenvalue weighted by atomic mass is 35.5. The fourth-order valence-electron chi connectivity index (χ4n) is 4.39. The zero-order valence-electron chi connectivity index (χ0n) is 18.3. The first kappa shape index (κ1) is 26.2. The molecule has 0 saturated carbocycles. The van der Waals surface area contributed by atoms with Crippen LogP contribution in [0.25, 0.3) is 0 Å². The van der Waals surface area contributed by atoms with Gasteiger partial charge in [0.15, 0.2) is 0 Å². The first-order valence-corrected chi connectivity index (χ1v) is 12.9. The second kappa shape index (κ2) is 12.8. The second-order valence-corrected chi connectivity index (χ2v) is 10.2. The molecule has 5 N–H and O–H groups in total. The van der Waals surface area contributed by atoms with Crippen LogP contribution in [0.2, 0.25) is 0 Å². The average molecular weight is 467 g/mol. The Balaban J connectivity index is 1.98. The first-order valence-electron chi connectivity index (χ1n) is 11.2. The van der Waals surface area contributed by atoms with E-state index in [1.54, 1.807) is 13.2 Å². The van der Waals surface area contributed by atoms with Gasteiger partial charge in [-0.05, 0) is 44.9 Å². The Morgan fingerprint density at radius 1 is 1.20 bits per heavy atom. The fourth-order valence-corrected chi connectivity index (χ4v) is 5.28. The van der Waals surface area contributed by atoms with Gasteiger partial charge < -0.3 is 30.7 Å². The maximum Gasteiger partial charge on any atom is 0.237 e. The van der Waals surface area contributed by atoms with Crippen LogP contribution in [0.4, 0.5) is 0 Å². The smallest absolute Gasteiger partial charge is 0.237 e. The van der Waals surface area contributed by atoms with E-state index in [4.69, 9.17) is 16.3 Å². The Bertz CT molecular complexity index is 528. The van der Waals surface area contributed by atoms with Crippen LogP contribution in [-0.4, -0.2) is 81.3 Å². The number of rotatable bonds is 9. The SMILES string of the molecule is CCCCCC1CCN[C@H](C(=O)N[C@@H]([C@H]2O[C@H](SC)[C@H](O)[C@@H](O)[C@H]2O)[C@H](C)Cl)CC1. The molecule has 7 nitrogen and oxygen atoms in total. The standard InChI is InChI=1S/C21H39ClN2O5S/c1-4-5-6-7-13-8-9-14(23-11-10-13)20(28)24-15(12(2)22)19-17(26)16(25)18(27)21(29-19)30-3/h12-19,21,23,25-27H,4-11H2,1-3H3,(H,24,28)/t12-,13?,14-,15+,16-,17+,18+,19+,21+/m0/s1. The highest BCUT2D eigenvalue weighted by Crippen LogP contribution is 2.30. The summed E-state index contributed by atoms with van der Waals surface area (Å²) >= 11 is 7.59. The zero-order valence-corrected chi connectivity index (χ0v) is 19.9. The van der Waals surface area contributed by atoms with Crippen molar-refractivity contribution in [3.05, 3.63) is 0 Å². The average Bonchev–Trinajstić information content (AvgIpc) is 2.97.